The van der Waals surface area contributed by atoms with Crippen molar-refractivity contribution in [2.75, 3.05) is 5.32 Å². The molecule has 1 aromatic heterocycles. The van der Waals surface area contributed by atoms with Gasteiger partial charge in [-0.3, -0.25) is 4.79 Å². The van der Waals surface area contributed by atoms with Gasteiger partial charge in [-0.15, -0.1) is 11.3 Å². The summed E-state index contributed by atoms with van der Waals surface area (Å²) in [7, 11) is 0. The van der Waals surface area contributed by atoms with E-state index in [1.165, 1.54) is 29.0 Å². The molecule has 3 rings (SSSR count). The maximum absolute atomic E-state index is 12.8. The Kier molecular flexibility index (Phi) is 6.04. The quantitative estimate of drug-likeness (QED) is 0.533. The molecule has 7 heteroatoms. The zero-order chi connectivity index (χ0) is 20.1. The third-order valence-electron chi connectivity index (χ3n) is 4.06. The summed E-state index contributed by atoms with van der Waals surface area (Å²) in [5.74, 6) is 0.279. The zero-order valence-corrected chi connectivity index (χ0v) is 15.9. The van der Waals surface area contributed by atoms with E-state index >= 15 is 0 Å². The highest BCUT2D eigenvalue weighted by atomic mass is 32.1. The van der Waals surface area contributed by atoms with E-state index in [9.17, 15) is 18.0 Å². The number of aryl methyl sites for hydroxylation is 1. The third-order valence-corrected chi connectivity index (χ3v) is 5.04. The van der Waals surface area contributed by atoms with Gasteiger partial charge in [-0.25, -0.2) is 0 Å². The standard InChI is InChI=1S/C21H18F3NO2S/c1-2-14-6-8-18(9-7-14)27-12-15-10-19(28-13-15)20(26)25-17-5-3-4-16(11-17)21(22,23)24/h3-11,13H,2,12H2,1H3,(H,25,26). The van der Waals surface area contributed by atoms with E-state index in [-0.39, 0.29) is 5.69 Å². The average Bonchev–Trinajstić information content (AvgIpc) is 3.15. The van der Waals surface area contributed by atoms with E-state index in [0.29, 0.717) is 11.5 Å². The molecule has 3 aromatic rings. The van der Waals surface area contributed by atoms with Crippen LogP contribution in [0.1, 0.15) is 33.3 Å². The monoisotopic (exact) mass is 405 g/mol. The molecule has 0 radical (unpaired) electrons. The first-order chi connectivity index (χ1) is 13.3. The molecule has 0 unspecified atom stereocenters. The van der Waals surface area contributed by atoms with Crippen molar-refractivity contribution < 1.29 is 22.7 Å². The van der Waals surface area contributed by atoms with Gasteiger partial charge in [0.2, 0.25) is 0 Å². The lowest BCUT2D eigenvalue weighted by atomic mass is 10.2. The van der Waals surface area contributed by atoms with Gasteiger partial charge < -0.3 is 10.1 Å². The Morgan fingerprint density at radius 1 is 1.07 bits per heavy atom. The summed E-state index contributed by atoms with van der Waals surface area (Å²) in [5, 5.41) is 4.29. The van der Waals surface area contributed by atoms with Crippen molar-refractivity contribution in [1.29, 1.82) is 0 Å². The zero-order valence-electron chi connectivity index (χ0n) is 15.0. The van der Waals surface area contributed by atoms with Crippen molar-refractivity contribution in [1.82, 2.24) is 0 Å². The van der Waals surface area contributed by atoms with Crippen LogP contribution in [0.4, 0.5) is 18.9 Å². The van der Waals surface area contributed by atoms with E-state index in [2.05, 4.69) is 12.2 Å². The Labute approximate surface area is 164 Å². The summed E-state index contributed by atoms with van der Waals surface area (Å²) in [4.78, 5) is 12.7. The first-order valence-corrected chi connectivity index (χ1v) is 9.51. The third kappa shape index (κ3) is 5.13. The Balaban J connectivity index is 1.60. The molecule has 0 saturated heterocycles. The van der Waals surface area contributed by atoms with Crippen LogP contribution in [0.15, 0.2) is 60.0 Å². The van der Waals surface area contributed by atoms with Crippen LogP contribution in [0, 0.1) is 0 Å². The summed E-state index contributed by atoms with van der Waals surface area (Å²) in [6.07, 6.45) is -3.50. The fourth-order valence-corrected chi connectivity index (χ4v) is 3.32. The molecule has 146 valence electrons. The summed E-state index contributed by atoms with van der Waals surface area (Å²) >= 11 is 1.21. The number of nitrogens with one attached hydrogen (secondary N) is 1. The van der Waals surface area contributed by atoms with E-state index in [4.69, 9.17) is 4.74 Å². The van der Waals surface area contributed by atoms with Gasteiger partial charge in [0.05, 0.1) is 10.4 Å². The Hall–Kier alpha value is -2.80. The minimum absolute atomic E-state index is 0.0991. The van der Waals surface area contributed by atoms with Gasteiger partial charge >= 0.3 is 6.18 Å². The molecule has 2 aromatic carbocycles. The maximum atomic E-state index is 12.8. The number of thiophene rings is 1. The van der Waals surface area contributed by atoms with Crippen LogP contribution in [-0.2, 0) is 19.2 Å². The van der Waals surface area contributed by atoms with Crippen molar-refractivity contribution >= 4 is 22.9 Å². The molecule has 0 aliphatic heterocycles. The van der Waals surface area contributed by atoms with Crippen LogP contribution >= 0.6 is 11.3 Å². The molecule has 28 heavy (non-hydrogen) atoms. The van der Waals surface area contributed by atoms with Gasteiger partial charge in [0.1, 0.15) is 12.4 Å². The van der Waals surface area contributed by atoms with Crippen molar-refractivity contribution in [3.8, 4) is 5.75 Å². The number of anilines is 1. The fourth-order valence-electron chi connectivity index (χ4n) is 2.52. The predicted octanol–water partition coefficient (Wildman–Crippen LogP) is 6.16. The lowest BCUT2D eigenvalue weighted by Gasteiger charge is -2.09. The smallest absolute Gasteiger partial charge is 0.416 e. The summed E-state index contributed by atoms with van der Waals surface area (Å²) in [6.45, 7) is 2.38. The van der Waals surface area contributed by atoms with Crippen molar-refractivity contribution in [3.05, 3.63) is 81.5 Å². The van der Waals surface area contributed by atoms with Crippen molar-refractivity contribution in [2.45, 2.75) is 26.1 Å². The van der Waals surface area contributed by atoms with Gasteiger partial charge in [0, 0.05) is 11.3 Å². The maximum Gasteiger partial charge on any atom is 0.416 e. The molecule has 0 atom stereocenters. The van der Waals surface area contributed by atoms with Crippen molar-refractivity contribution in [2.24, 2.45) is 0 Å². The highest BCUT2D eigenvalue weighted by Gasteiger charge is 2.30. The molecule has 0 saturated carbocycles. The number of carbonyl (C=O) groups is 1. The first kappa shape index (κ1) is 19.9. The number of halogens is 3. The fraction of sp³-hybridized carbons (Fsp3) is 0.190. The SMILES string of the molecule is CCc1ccc(OCc2csc(C(=O)Nc3cccc(C(F)(F)F)c3)c2)cc1. The molecule has 3 nitrogen and oxygen atoms in total. The number of benzene rings is 2. The van der Waals surface area contributed by atoms with Gasteiger partial charge in [0.15, 0.2) is 0 Å². The lowest BCUT2D eigenvalue weighted by Crippen LogP contribution is -2.12. The highest BCUT2D eigenvalue weighted by molar-refractivity contribution is 7.12. The predicted molar refractivity (Wildman–Crippen MR) is 104 cm³/mol. The second kappa shape index (κ2) is 8.48. The van der Waals surface area contributed by atoms with Crippen LogP contribution in [-0.4, -0.2) is 5.91 Å². The minimum Gasteiger partial charge on any atom is -0.489 e. The Morgan fingerprint density at radius 2 is 1.82 bits per heavy atom. The molecule has 0 aliphatic rings. The second-order valence-electron chi connectivity index (χ2n) is 6.14. The van der Waals surface area contributed by atoms with Crippen LogP contribution < -0.4 is 10.1 Å². The number of rotatable bonds is 6. The van der Waals surface area contributed by atoms with Gasteiger partial charge in [-0.1, -0.05) is 25.1 Å². The molecule has 1 N–H and O–H groups in total. The van der Waals surface area contributed by atoms with Gasteiger partial charge in [-0.2, -0.15) is 13.2 Å². The van der Waals surface area contributed by atoms with Crippen LogP contribution in [0.3, 0.4) is 0 Å². The topological polar surface area (TPSA) is 38.3 Å². The molecular weight excluding hydrogens is 387 g/mol. The second-order valence-corrected chi connectivity index (χ2v) is 7.05. The van der Waals surface area contributed by atoms with E-state index < -0.39 is 17.6 Å². The average molecular weight is 405 g/mol. The van der Waals surface area contributed by atoms with Crippen LogP contribution in [0.25, 0.3) is 0 Å². The lowest BCUT2D eigenvalue weighted by molar-refractivity contribution is -0.137. The van der Waals surface area contributed by atoms with Crippen LogP contribution in [0.5, 0.6) is 5.75 Å². The molecule has 0 spiro atoms. The van der Waals surface area contributed by atoms with Gasteiger partial charge in [-0.05, 0) is 53.8 Å². The number of alkyl halides is 3. The number of amides is 1. The summed E-state index contributed by atoms with van der Waals surface area (Å²) < 4.78 is 44.0. The molecular formula is C21H18F3NO2S. The van der Waals surface area contributed by atoms with E-state index in [0.717, 1.165) is 29.9 Å². The number of carbonyl (C=O) groups excluding carboxylic acids is 1. The molecule has 1 amide bonds. The Bertz CT molecular complexity index is 949. The summed E-state index contributed by atoms with van der Waals surface area (Å²) in [6, 6.07) is 14.0. The highest BCUT2D eigenvalue weighted by Crippen LogP contribution is 2.31. The molecule has 0 bridgehead atoms. The first-order valence-electron chi connectivity index (χ1n) is 8.63. The normalized spacial score (nSPS) is 11.3. The molecule has 0 fully saturated rings. The molecule has 0 aliphatic carbocycles. The van der Waals surface area contributed by atoms with E-state index in [1.54, 1.807) is 11.4 Å². The molecule has 1 heterocycles. The minimum atomic E-state index is -4.45. The summed E-state index contributed by atoms with van der Waals surface area (Å²) in [5.41, 5.74) is 1.33. The number of ether oxygens (including phenoxy) is 1. The van der Waals surface area contributed by atoms with Crippen molar-refractivity contribution in [3.63, 3.8) is 0 Å². The number of hydrogen-bond donors (Lipinski definition) is 1. The Morgan fingerprint density at radius 3 is 2.50 bits per heavy atom. The van der Waals surface area contributed by atoms with Crippen LogP contribution in [0.2, 0.25) is 0 Å². The van der Waals surface area contributed by atoms with Gasteiger partial charge in [0.25, 0.3) is 5.91 Å². The number of hydrogen-bond acceptors (Lipinski definition) is 3. The van der Waals surface area contributed by atoms with E-state index in [1.807, 2.05) is 24.3 Å². The largest absolute Gasteiger partial charge is 0.489 e.